The van der Waals surface area contributed by atoms with Crippen LogP contribution in [-0.4, -0.2) is 24.9 Å². The average molecular weight is 359 g/mol. The van der Waals surface area contributed by atoms with E-state index in [1.807, 2.05) is 30.5 Å². The summed E-state index contributed by atoms with van der Waals surface area (Å²) in [4.78, 5) is 24.1. The lowest BCUT2D eigenvalue weighted by atomic mass is 9.82. The summed E-state index contributed by atoms with van der Waals surface area (Å²) in [5.74, 6) is 1.05. The number of nitrogens with one attached hydrogen (secondary N) is 2. The maximum Gasteiger partial charge on any atom is 0.251 e. The molecule has 2 aromatic rings. The molecule has 0 saturated heterocycles. The van der Waals surface area contributed by atoms with Gasteiger partial charge in [0.15, 0.2) is 0 Å². The molecular formula is C20H26N2O2S. The van der Waals surface area contributed by atoms with Crippen LogP contribution in [0.3, 0.4) is 0 Å². The Bertz CT molecular complexity index is 736. The highest BCUT2D eigenvalue weighted by molar-refractivity contribution is 7.17. The summed E-state index contributed by atoms with van der Waals surface area (Å²) >= 11 is 1.64. The second-order valence-electron chi connectivity index (χ2n) is 7.13. The number of amides is 2. The van der Waals surface area contributed by atoms with Crippen molar-refractivity contribution >= 4 is 33.2 Å². The van der Waals surface area contributed by atoms with Crippen molar-refractivity contribution in [1.29, 1.82) is 0 Å². The van der Waals surface area contributed by atoms with E-state index in [1.54, 1.807) is 11.3 Å². The first-order chi connectivity index (χ1) is 12.1. The van der Waals surface area contributed by atoms with E-state index in [9.17, 15) is 9.59 Å². The lowest BCUT2D eigenvalue weighted by Gasteiger charge is -2.24. The molecule has 3 rings (SSSR count). The van der Waals surface area contributed by atoms with Crippen LogP contribution in [0.15, 0.2) is 29.6 Å². The molecular weight excluding hydrogens is 332 g/mol. The molecule has 0 radical (unpaired) electrons. The zero-order chi connectivity index (χ0) is 17.6. The van der Waals surface area contributed by atoms with Crippen LogP contribution >= 0.6 is 11.3 Å². The van der Waals surface area contributed by atoms with Crippen LogP contribution in [0.4, 0.5) is 0 Å². The molecule has 1 saturated carbocycles. The van der Waals surface area contributed by atoms with Gasteiger partial charge in [-0.15, -0.1) is 11.3 Å². The Balaban J connectivity index is 1.36. The molecule has 1 aliphatic rings. The maximum absolute atomic E-state index is 12.3. The van der Waals surface area contributed by atoms with Crippen LogP contribution < -0.4 is 10.6 Å². The largest absolute Gasteiger partial charge is 0.356 e. The van der Waals surface area contributed by atoms with Crippen molar-refractivity contribution in [3.8, 4) is 0 Å². The van der Waals surface area contributed by atoms with Gasteiger partial charge in [0.1, 0.15) is 0 Å². The molecule has 1 heterocycles. The van der Waals surface area contributed by atoms with Crippen molar-refractivity contribution in [3.05, 3.63) is 35.2 Å². The van der Waals surface area contributed by atoms with Crippen molar-refractivity contribution in [2.45, 2.75) is 39.0 Å². The minimum absolute atomic E-state index is 0.0570. The molecule has 134 valence electrons. The Kier molecular flexibility index (Phi) is 6.08. The predicted molar refractivity (Wildman–Crippen MR) is 103 cm³/mol. The van der Waals surface area contributed by atoms with Crippen molar-refractivity contribution in [3.63, 3.8) is 0 Å². The van der Waals surface area contributed by atoms with Gasteiger partial charge in [0.2, 0.25) is 5.91 Å². The lowest BCUT2D eigenvalue weighted by molar-refractivity contribution is -0.121. The first-order valence-electron chi connectivity index (χ1n) is 9.14. The minimum atomic E-state index is -0.0570. The molecule has 1 aliphatic carbocycles. The number of carbonyl (C=O) groups is 2. The van der Waals surface area contributed by atoms with Crippen LogP contribution in [0.1, 0.15) is 49.4 Å². The monoisotopic (exact) mass is 358 g/mol. The molecule has 1 aromatic heterocycles. The van der Waals surface area contributed by atoms with E-state index in [0.29, 0.717) is 25.1 Å². The first kappa shape index (κ1) is 17.9. The van der Waals surface area contributed by atoms with Crippen LogP contribution in [0.2, 0.25) is 0 Å². The van der Waals surface area contributed by atoms with E-state index >= 15 is 0 Å². The van der Waals surface area contributed by atoms with Gasteiger partial charge in [0.25, 0.3) is 5.91 Å². The van der Waals surface area contributed by atoms with Crippen molar-refractivity contribution in [2.24, 2.45) is 11.8 Å². The lowest BCUT2D eigenvalue weighted by Crippen LogP contribution is -2.35. The number of hydrogen-bond donors (Lipinski definition) is 2. The fourth-order valence-electron chi connectivity index (χ4n) is 3.03. The zero-order valence-corrected chi connectivity index (χ0v) is 15.5. The Morgan fingerprint density at radius 2 is 2.00 bits per heavy atom. The van der Waals surface area contributed by atoms with Crippen LogP contribution in [0, 0.1) is 11.8 Å². The third-order valence-electron chi connectivity index (χ3n) is 4.98. The van der Waals surface area contributed by atoms with E-state index in [2.05, 4.69) is 16.7 Å². The fourth-order valence-corrected chi connectivity index (χ4v) is 3.86. The summed E-state index contributed by atoms with van der Waals surface area (Å²) in [6, 6.07) is 7.82. The molecule has 0 bridgehead atoms. The standard InChI is InChI=1S/C20H26N2O2S/c1-14(12-21-19(23)8-5-15-3-2-4-15)13-22-20(24)17-7-6-16-9-10-25-18(16)11-17/h6-7,9-11,14-15H,2-5,8,12-13H2,1H3,(H,21,23)(H,22,24). The summed E-state index contributed by atoms with van der Waals surface area (Å²) in [6.45, 7) is 3.20. The van der Waals surface area contributed by atoms with Gasteiger partial charge in [-0.1, -0.05) is 32.3 Å². The summed E-state index contributed by atoms with van der Waals surface area (Å²) in [5, 5.41) is 9.14. The minimum Gasteiger partial charge on any atom is -0.356 e. The number of thiophene rings is 1. The Labute approximate surface area is 153 Å². The second kappa shape index (κ2) is 8.48. The SMILES string of the molecule is CC(CNC(=O)CCC1CCC1)CNC(=O)c1ccc2ccsc2c1. The number of benzene rings is 1. The number of hydrogen-bond acceptors (Lipinski definition) is 3. The molecule has 25 heavy (non-hydrogen) atoms. The van der Waals surface area contributed by atoms with Gasteiger partial charge >= 0.3 is 0 Å². The van der Waals surface area contributed by atoms with E-state index in [4.69, 9.17) is 0 Å². The Morgan fingerprint density at radius 3 is 2.76 bits per heavy atom. The molecule has 4 nitrogen and oxygen atoms in total. The van der Waals surface area contributed by atoms with Crippen LogP contribution in [-0.2, 0) is 4.79 Å². The summed E-state index contributed by atoms with van der Waals surface area (Å²) < 4.78 is 1.12. The van der Waals surface area contributed by atoms with E-state index in [0.717, 1.165) is 17.0 Å². The molecule has 2 amide bonds. The maximum atomic E-state index is 12.3. The number of carbonyl (C=O) groups excluding carboxylic acids is 2. The molecule has 1 unspecified atom stereocenters. The van der Waals surface area contributed by atoms with Crippen LogP contribution in [0.25, 0.3) is 10.1 Å². The molecule has 5 heteroatoms. The summed E-state index contributed by atoms with van der Waals surface area (Å²) in [6.07, 6.45) is 5.54. The third-order valence-corrected chi connectivity index (χ3v) is 5.86. The zero-order valence-electron chi connectivity index (χ0n) is 14.7. The Hall–Kier alpha value is -1.88. The quantitative estimate of drug-likeness (QED) is 0.750. The number of fused-ring (bicyclic) bond motifs is 1. The van der Waals surface area contributed by atoms with Gasteiger partial charge in [0.05, 0.1) is 0 Å². The van der Waals surface area contributed by atoms with Gasteiger partial charge in [0, 0.05) is 29.8 Å². The highest BCUT2D eigenvalue weighted by atomic mass is 32.1. The van der Waals surface area contributed by atoms with Crippen LogP contribution in [0.5, 0.6) is 0 Å². The second-order valence-corrected chi connectivity index (χ2v) is 8.08. The van der Waals surface area contributed by atoms with E-state index in [1.165, 1.54) is 24.6 Å². The Morgan fingerprint density at radius 1 is 1.20 bits per heavy atom. The van der Waals surface area contributed by atoms with Gasteiger partial charge in [-0.3, -0.25) is 9.59 Å². The average Bonchev–Trinajstić information content (AvgIpc) is 3.04. The third kappa shape index (κ3) is 5.05. The molecule has 1 atom stereocenters. The van der Waals surface area contributed by atoms with E-state index < -0.39 is 0 Å². The molecule has 2 N–H and O–H groups in total. The van der Waals surface area contributed by atoms with Gasteiger partial charge in [-0.2, -0.15) is 0 Å². The van der Waals surface area contributed by atoms with Crippen molar-refractivity contribution in [2.75, 3.05) is 13.1 Å². The van der Waals surface area contributed by atoms with Gasteiger partial charge in [-0.25, -0.2) is 0 Å². The fraction of sp³-hybridized carbons (Fsp3) is 0.500. The molecule has 1 aromatic carbocycles. The topological polar surface area (TPSA) is 58.2 Å². The smallest absolute Gasteiger partial charge is 0.251 e. The molecule has 0 spiro atoms. The highest BCUT2D eigenvalue weighted by Crippen LogP contribution is 2.30. The summed E-state index contributed by atoms with van der Waals surface area (Å²) in [7, 11) is 0. The summed E-state index contributed by atoms with van der Waals surface area (Å²) in [5.41, 5.74) is 0.687. The number of rotatable bonds is 8. The normalized spacial score (nSPS) is 15.6. The van der Waals surface area contributed by atoms with E-state index in [-0.39, 0.29) is 17.7 Å². The van der Waals surface area contributed by atoms with Crippen molar-refractivity contribution in [1.82, 2.24) is 10.6 Å². The molecule has 0 aliphatic heterocycles. The highest BCUT2D eigenvalue weighted by Gasteiger charge is 2.18. The van der Waals surface area contributed by atoms with Gasteiger partial charge in [-0.05, 0) is 47.2 Å². The van der Waals surface area contributed by atoms with Crippen molar-refractivity contribution < 1.29 is 9.59 Å². The predicted octanol–water partition coefficient (Wildman–Crippen LogP) is 3.96. The molecule has 1 fully saturated rings. The van der Waals surface area contributed by atoms with Gasteiger partial charge < -0.3 is 10.6 Å². The first-order valence-corrected chi connectivity index (χ1v) is 10.0.